The SMILES string of the molecule is CCOc1cc2c(cc1OC)C(c1ccc(=O)n(C)c1)=N[C@@H]1CC[C@@H](O)C[C@H]21. The highest BCUT2D eigenvalue weighted by molar-refractivity contribution is 6.14. The molecule has 1 aromatic carbocycles. The summed E-state index contributed by atoms with van der Waals surface area (Å²) in [6.07, 6.45) is 3.82. The summed E-state index contributed by atoms with van der Waals surface area (Å²) in [4.78, 5) is 16.9. The molecule has 1 N–H and O–H groups in total. The molecular formula is C22H26N2O4. The number of aromatic nitrogens is 1. The van der Waals surface area contributed by atoms with Crippen LogP contribution in [0.3, 0.4) is 0 Å². The zero-order valence-electron chi connectivity index (χ0n) is 16.5. The molecule has 1 aromatic heterocycles. The van der Waals surface area contributed by atoms with Gasteiger partial charge < -0.3 is 19.1 Å². The molecular weight excluding hydrogens is 356 g/mol. The van der Waals surface area contributed by atoms with Gasteiger partial charge in [-0.15, -0.1) is 0 Å². The standard InChI is InChI=1S/C22H26N2O4/c1-4-28-20-10-15-16-9-14(25)6-7-18(16)23-22(17(15)11-19(20)27-3)13-5-8-21(26)24(2)12-13/h5,8,10-12,14,16,18,25H,4,6-7,9H2,1-3H3/t14-,16-,18-/m1/s1. The minimum atomic E-state index is -0.305. The van der Waals surface area contributed by atoms with E-state index in [1.807, 2.05) is 31.3 Å². The van der Waals surface area contributed by atoms with Crippen LogP contribution in [-0.4, -0.2) is 41.2 Å². The van der Waals surface area contributed by atoms with Gasteiger partial charge in [0.05, 0.1) is 31.6 Å². The van der Waals surface area contributed by atoms with Gasteiger partial charge >= 0.3 is 0 Å². The van der Waals surface area contributed by atoms with Crippen molar-refractivity contribution in [2.75, 3.05) is 13.7 Å². The molecule has 0 spiro atoms. The van der Waals surface area contributed by atoms with Crippen molar-refractivity contribution in [1.29, 1.82) is 0 Å². The number of aliphatic imine (C=N–C) groups is 1. The highest BCUT2D eigenvalue weighted by atomic mass is 16.5. The van der Waals surface area contributed by atoms with E-state index in [1.165, 1.54) is 0 Å². The van der Waals surface area contributed by atoms with E-state index in [9.17, 15) is 9.90 Å². The van der Waals surface area contributed by atoms with Gasteiger partial charge in [-0.25, -0.2) is 0 Å². The second kappa shape index (κ2) is 7.43. The Balaban J connectivity index is 1.91. The molecule has 1 aliphatic carbocycles. The van der Waals surface area contributed by atoms with Gasteiger partial charge in [-0.05, 0) is 49.9 Å². The van der Waals surface area contributed by atoms with E-state index in [0.717, 1.165) is 35.2 Å². The number of aryl methyl sites for hydroxylation is 1. The van der Waals surface area contributed by atoms with Gasteiger partial charge in [0.2, 0.25) is 5.56 Å². The molecule has 1 aliphatic heterocycles. The number of benzene rings is 1. The van der Waals surface area contributed by atoms with Crippen LogP contribution in [0.15, 0.2) is 40.2 Å². The van der Waals surface area contributed by atoms with Crippen molar-refractivity contribution in [1.82, 2.24) is 4.57 Å². The molecule has 3 atom stereocenters. The molecule has 0 saturated heterocycles. The Morgan fingerprint density at radius 2 is 2.07 bits per heavy atom. The van der Waals surface area contributed by atoms with Gasteiger partial charge in [0.25, 0.3) is 0 Å². The molecule has 0 unspecified atom stereocenters. The van der Waals surface area contributed by atoms with E-state index in [2.05, 4.69) is 0 Å². The number of methoxy groups -OCH3 is 1. The van der Waals surface area contributed by atoms with Crippen LogP contribution in [-0.2, 0) is 7.05 Å². The fourth-order valence-corrected chi connectivity index (χ4v) is 4.34. The third kappa shape index (κ3) is 3.22. The Labute approximate surface area is 164 Å². The van der Waals surface area contributed by atoms with Crippen molar-refractivity contribution in [2.45, 2.75) is 44.2 Å². The number of hydrogen-bond acceptors (Lipinski definition) is 5. The van der Waals surface area contributed by atoms with Crippen molar-refractivity contribution < 1.29 is 14.6 Å². The van der Waals surface area contributed by atoms with Crippen LogP contribution in [0.4, 0.5) is 0 Å². The molecule has 1 fully saturated rings. The van der Waals surface area contributed by atoms with Crippen LogP contribution < -0.4 is 15.0 Å². The fraction of sp³-hybridized carbons (Fsp3) is 0.455. The van der Waals surface area contributed by atoms with Crippen LogP contribution in [0.25, 0.3) is 0 Å². The van der Waals surface area contributed by atoms with Crippen molar-refractivity contribution in [2.24, 2.45) is 12.0 Å². The van der Waals surface area contributed by atoms with E-state index in [-0.39, 0.29) is 23.6 Å². The molecule has 0 radical (unpaired) electrons. The van der Waals surface area contributed by atoms with Crippen LogP contribution in [0.1, 0.15) is 48.8 Å². The van der Waals surface area contributed by atoms with E-state index < -0.39 is 0 Å². The summed E-state index contributed by atoms with van der Waals surface area (Å²) in [6, 6.07) is 7.53. The summed E-state index contributed by atoms with van der Waals surface area (Å²) >= 11 is 0. The predicted octanol–water partition coefficient (Wildman–Crippen LogP) is 2.64. The van der Waals surface area contributed by atoms with E-state index in [1.54, 1.807) is 24.8 Å². The van der Waals surface area contributed by atoms with Gasteiger partial charge in [0.1, 0.15) is 0 Å². The summed E-state index contributed by atoms with van der Waals surface area (Å²) in [7, 11) is 3.37. The summed E-state index contributed by atoms with van der Waals surface area (Å²) in [6.45, 7) is 2.50. The first kappa shape index (κ1) is 18.7. The molecule has 2 heterocycles. The molecule has 4 rings (SSSR count). The number of rotatable bonds is 4. The minimum Gasteiger partial charge on any atom is -0.493 e. The molecule has 0 amide bonds. The smallest absolute Gasteiger partial charge is 0.250 e. The quantitative estimate of drug-likeness (QED) is 0.882. The Morgan fingerprint density at radius 1 is 1.25 bits per heavy atom. The third-order valence-electron chi connectivity index (χ3n) is 5.73. The lowest BCUT2D eigenvalue weighted by Crippen LogP contribution is -2.34. The van der Waals surface area contributed by atoms with E-state index >= 15 is 0 Å². The average molecular weight is 382 g/mol. The number of nitrogens with zero attached hydrogens (tertiary/aromatic N) is 2. The number of fused-ring (bicyclic) bond motifs is 3. The second-order valence-corrected chi connectivity index (χ2v) is 7.51. The van der Waals surface area contributed by atoms with Gasteiger partial charge in [-0.1, -0.05) is 0 Å². The lowest BCUT2D eigenvalue weighted by atomic mass is 9.74. The molecule has 1 saturated carbocycles. The van der Waals surface area contributed by atoms with Crippen LogP contribution >= 0.6 is 0 Å². The molecule has 28 heavy (non-hydrogen) atoms. The highest BCUT2D eigenvalue weighted by Crippen LogP contribution is 2.44. The maximum absolute atomic E-state index is 11.8. The van der Waals surface area contributed by atoms with Gasteiger partial charge in [-0.2, -0.15) is 0 Å². The fourth-order valence-electron chi connectivity index (χ4n) is 4.34. The van der Waals surface area contributed by atoms with Crippen LogP contribution in [0.5, 0.6) is 11.5 Å². The molecule has 6 nitrogen and oxygen atoms in total. The zero-order valence-corrected chi connectivity index (χ0v) is 16.5. The average Bonchev–Trinajstić information content (AvgIpc) is 2.69. The summed E-state index contributed by atoms with van der Waals surface area (Å²) in [5.74, 6) is 1.53. The highest BCUT2D eigenvalue weighted by Gasteiger charge is 2.37. The number of ether oxygens (including phenoxy) is 2. The number of aliphatic hydroxyl groups excluding tert-OH is 1. The molecule has 0 bridgehead atoms. The predicted molar refractivity (Wildman–Crippen MR) is 108 cm³/mol. The van der Waals surface area contributed by atoms with Gasteiger partial charge in [-0.3, -0.25) is 9.79 Å². The molecule has 2 aliphatic rings. The number of aliphatic hydroxyl groups is 1. The second-order valence-electron chi connectivity index (χ2n) is 7.51. The Hall–Kier alpha value is -2.60. The normalized spacial score (nSPS) is 23.4. The van der Waals surface area contributed by atoms with Crippen molar-refractivity contribution >= 4 is 5.71 Å². The number of hydrogen-bond donors (Lipinski definition) is 1. The molecule has 148 valence electrons. The largest absolute Gasteiger partial charge is 0.493 e. The van der Waals surface area contributed by atoms with Crippen molar-refractivity contribution in [3.8, 4) is 11.5 Å². The van der Waals surface area contributed by atoms with Crippen LogP contribution in [0.2, 0.25) is 0 Å². The van der Waals surface area contributed by atoms with E-state index in [0.29, 0.717) is 24.5 Å². The topological polar surface area (TPSA) is 73.0 Å². The van der Waals surface area contributed by atoms with Gasteiger partial charge in [0.15, 0.2) is 11.5 Å². The maximum atomic E-state index is 11.8. The van der Waals surface area contributed by atoms with Crippen molar-refractivity contribution in [3.05, 3.63) is 57.5 Å². The first-order chi connectivity index (χ1) is 13.5. The molecule has 2 aromatic rings. The Bertz CT molecular complexity index is 979. The molecule has 6 heteroatoms. The lowest BCUT2D eigenvalue weighted by molar-refractivity contribution is 0.111. The van der Waals surface area contributed by atoms with Gasteiger partial charge in [0, 0.05) is 36.4 Å². The lowest BCUT2D eigenvalue weighted by Gasteiger charge is -2.37. The third-order valence-corrected chi connectivity index (χ3v) is 5.73. The summed E-state index contributed by atoms with van der Waals surface area (Å²) < 4.78 is 12.9. The Morgan fingerprint density at radius 3 is 2.79 bits per heavy atom. The van der Waals surface area contributed by atoms with E-state index in [4.69, 9.17) is 14.5 Å². The summed E-state index contributed by atoms with van der Waals surface area (Å²) in [5.41, 5.74) is 3.83. The Kier molecular flexibility index (Phi) is 4.98. The van der Waals surface area contributed by atoms with Crippen molar-refractivity contribution in [3.63, 3.8) is 0 Å². The first-order valence-electron chi connectivity index (χ1n) is 9.79. The minimum absolute atomic E-state index is 0.0525. The zero-order chi connectivity index (χ0) is 19.8. The maximum Gasteiger partial charge on any atom is 0.250 e. The first-order valence-corrected chi connectivity index (χ1v) is 9.79. The monoisotopic (exact) mass is 382 g/mol. The number of pyridine rings is 1. The summed E-state index contributed by atoms with van der Waals surface area (Å²) in [5, 5.41) is 10.3. The van der Waals surface area contributed by atoms with Crippen LogP contribution in [0, 0.1) is 0 Å².